The molecule has 108 valence electrons. The molecule has 20 heavy (non-hydrogen) atoms. The highest BCUT2D eigenvalue weighted by Gasteiger charge is 2.22. The van der Waals surface area contributed by atoms with Crippen molar-refractivity contribution in [1.29, 1.82) is 5.26 Å². The summed E-state index contributed by atoms with van der Waals surface area (Å²) in [7, 11) is 0. The second-order valence-corrected chi connectivity index (χ2v) is 4.50. The molecule has 1 aromatic rings. The molecule has 1 unspecified atom stereocenters. The van der Waals surface area contributed by atoms with Crippen LogP contribution in [0, 0.1) is 11.5 Å². The summed E-state index contributed by atoms with van der Waals surface area (Å²) in [4.78, 5) is 8.98. The normalized spacial score (nSPS) is 13.2. The zero-order valence-corrected chi connectivity index (χ0v) is 12.0. The minimum Gasteiger partial charge on any atom is -0.347 e. The molecule has 0 amide bonds. The lowest BCUT2D eigenvalue weighted by Crippen LogP contribution is -2.37. The van der Waals surface area contributed by atoms with Crippen molar-refractivity contribution in [1.82, 2.24) is 9.88 Å². The molecule has 0 aliphatic carbocycles. The maximum Gasteiger partial charge on any atom is 0.255 e. The highest BCUT2D eigenvalue weighted by Crippen LogP contribution is 2.23. The van der Waals surface area contributed by atoms with E-state index in [-0.39, 0.29) is 6.04 Å². The second-order valence-electron chi connectivity index (χ2n) is 4.12. The van der Waals surface area contributed by atoms with Gasteiger partial charge in [-0.05, 0) is 18.6 Å². The number of alkyl halides is 2. The first-order valence-corrected chi connectivity index (χ1v) is 6.49. The minimum absolute atomic E-state index is 0.329. The quantitative estimate of drug-likeness (QED) is 0.361. The Bertz CT molecular complexity index is 496. The van der Waals surface area contributed by atoms with Crippen molar-refractivity contribution < 1.29 is 8.78 Å². The van der Waals surface area contributed by atoms with Gasteiger partial charge in [-0.3, -0.25) is 0 Å². The van der Waals surface area contributed by atoms with Gasteiger partial charge in [-0.1, -0.05) is 24.6 Å². The predicted octanol–water partition coefficient (Wildman–Crippen LogP) is 3.65. The lowest BCUT2D eigenvalue weighted by Gasteiger charge is -2.31. The van der Waals surface area contributed by atoms with Crippen LogP contribution in [0.5, 0.6) is 0 Å². The Kier molecular flexibility index (Phi) is 6.32. The van der Waals surface area contributed by atoms with E-state index in [1.807, 2.05) is 0 Å². The molecule has 1 heterocycles. The van der Waals surface area contributed by atoms with Crippen molar-refractivity contribution in [3.8, 4) is 6.19 Å². The molecule has 0 spiro atoms. The van der Waals surface area contributed by atoms with Crippen LogP contribution in [0.1, 0.15) is 31.9 Å². The van der Waals surface area contributed by atoms with E-state index in [2.05, 4.69) is 9.98 Å². The number of pyridine rings is 1. The number of aromatic nitrogens is 1. The van der Waals surface area contributed by atoms with Gasteiger partial charge in [0.1, 0.15) is 11.0 Å². The number of rotatable bonds is 5. The van der Waals surface area contributed by atoms with E-state index in [0.717, 1.165) is 5.56 Å². The molecule has 1 aromatic heterocycles. The number of nitrogens with zero attached hydrogens (tertiary/aromatic N) is 4. The van der Waals surface area contributed by atoms with Crippen molar-refractivity contribution in [2.75, 3.05) is 6.54 Å². The van der Waals surface area contributed by atoms with Gasteiger partial charge in [-0.2, -0.15) is 10.3 Å². The van der Waals surface area contributed by atoms with E-state index in [1.54, 1.807) is 32.2 Å². The Labute approximate surface area is 121 Å². The first kappa shape index (κ1) is 16.3. The number of aliphatic imine (C=N–C) groups is 1. The first-order valence-electron chi connectivity index (χ1n) is 6.11. The second kappa shape index (κ2) is 7.75. The Morgan fingerprint density at radius 3 is 2.70 bits per heavy atom. The van der Waals surface area contributed by atoms with Crippen molar-refractivity contribution in [3.63, 3.8) is 0 Å². The van der Waals surface area contributed by atoms with Gasteiger partial charge < -0.3 is 4.90 Å². The zero-order chi connectivity index (χ0) is 15.1. The van der Waals surface area contributed by atoms with Crippen LogP contribution in [0.3, 0.4) is 0 Å². The van der Waals surface area contributed by atoms with Crippen LogP contribution < -0.4 is 0 Å². The number of halogens is 3. The third kappa shape index (κ3) is 4.42. The topological polar surface area (TPSA) is 52.3 Å². The summed E-state index contributed by atoms with van der Waals surface area (Å²) in [5.41, 5.74) is 0.731. The molecule has 4 nitrogen and oxygen atoms in total. The van der Waals surface area contributed by atoms with Gasteiger partial charge in [-0.15, -0.1) is 0 Å². The largest absolute Gasteiger partial charge is 0.347 e. The van der Waals surface area contributed by atoms with E-state index < -0.39 is 13.0 Å². The summed E-state index contributed by atoms with van der Waals surface area (Å²) in [6.07, 6.45) is 1.06. The number of nitriles is 1. The molecule has 1 atom stereocenters. The summed E-state index contributed by atoms with van der Waals surface area (Å²) in [6, 6.07) is 2.94. The van der Waals surface area contributed by atoms with E-state index in [4.69, 9.17) is 16.9 Å². The maximum absolute atomic E-state index is 12.7. The molecule has 0 saturated heterocycles. The monoisotopic (exact) mass is 300 g/mol. The van der Waals surface area contributed by atoms with Crippen molar-refractivity contribution in [2.24, 2.45) is 4.99 Å². The van der Waals surface area contributed by atoms with Gasteiger partial charge in [0.15, 0.2) is 0 Å². The number of amidine groups is 1. The molecular weight excluding hydrogens is 286 g/mol. The van der Waals surface area contributed by atoms with Crippen LogP contribution in [0.2, 0.25) is 5.15 Å². The third-order valence-corrected chi connectivity index (χ3v) is 3.09. The fourth-order valence-electron chi connectivity index (χ4n) is 1.85. The zero-order valence-electron chi connectivity index (χ0n) is 11.2. The molecule has 0 aromatic carbocycles. The van der Waals surface area contributed by atoms with E-state index in [9.17, 15) is 8.78 Å². The van der Waals surface area contributed by atoms with Gasteiger partial charge in [0.05, 0.1) is 12.6 Å². The highest BCUT2D eigenvalue weighted by atomic mass is 35.5. The summed E-state index contributed by atoms with van der Waals surface area (Å²) < 4.78 is 25.5. The van der Waals surface area contributed by atoms with Gasteiger partial charge in [0, 0.05) is 12.6 Å². The van der Waals surface area contributed by atoms with Crippen LogP contribution >= 0.6 is 11.6 Å². The van der Waals surface area contributed by atoms with Crippen LogP contribution in [0.15, 0.2) is 23.3 Å². The number of hydrogen-bond acceptors (Lipinski definition) is 3. The van der Waals surface area contributed by atoms with E-state index in [1.165, 1.54) is 11.1 Å². The average Bonchev–Trinajstić information content (AvgIpc) is 2.42. The SMILES string of the molecule is CCC(=NC#N)N(CC(F)F)C(C)c1ccc(Cl)nc1. The van der Waals surface area contributed by atoms with E-state index >= 15 is 0 Å². The number of hydrogen-bond donors (Lipinski definition) is 0. The van der Waals surface area contributed by atoms with Crippen molar-refractivity contribution in [2.45, 2.75) is 32.7 Å². The third-order valence-electron chi connectivity index (χ3n) is 2.86. The fraction of sp³-hybridized carbons (Fsp3) is 0.462. The Morgan fingerprint density at radius 2 is 2.25 bits per heavy atom. The summed E-state index contributed by atoms with van der Waals surface area (Å²) in [5.74, 6) is 0.329. The van der Waals surface area contributed by atoms with Crippen molar-refractivity contribution >= 4 is 17.4 Å². The smallest absolute Gasteiger partial charge is 0.255 e. The highest BCUT2D eigenvalue weighted by molar-refractivity contribution is 6.29. The maximum atomic E-state index is 12.7. The van der Waals surface area contributed by atoms with Crippen LogP contribution in [-0.4, -0.2) is 28.7 Å². The minimum atomic E-state index is -2.52. The summed E-state index contributed by atoms with van der Waals surface area (Å²) in [6.45, 7) is 3.04. The van der Waals surface area contributed by atoms with Gasteiger partial charge in [-0.25, -0.2) is 13.8 Å². The van der Waals surface area contributed by atoms with Gasteiger partial charge in [0.25, 0.3) is 6.43 Å². The first-order chi connectivity index (χ1) is 9.49. The van der Waals surface area contributed by atoms with Gasteiger partial charge >= 0.3 is 0 Å². The fourth-order valence-corrected chi connectivity index (χ4v) is 1.97. The molecule has 0 saturated carbocycles. The molecule has 0 bridgehead atoms. The molecule has 1 rings (SSSR count). The van der Waals surface area contributed by atoms with Crippen LogP contribution in [-0.2, 0) is 0 Å². The Balaban J connectivity index is 3.06. The average molecular weight is 301 g/mol. The van der Waals surface area contributed by atoms with Gasteiger partial charge in [0.2, 0.25) is 6.19 Å². The molecule has 7 heteroatoms. The van der Waals surface area contributed by atoms with Crippen LogP contribution in [0.4, 0.5) is 8.78 Å². The molecule has 0 aliphatic heterocycles. The Morgan fingerprint density at radius 1 is 1.55 bits per heavy atom. The molecular formula is C13H15ClF2N4. The summed E-state index contributed by atoms with van der Waals surface area (Å²) in [5, 5.41) is 8.99. The molecule has 0 N–H and O–H groups in total. The Hall–Kier alpha value is -1.74. The molecule has 0 fully saturated rings. The van der Waals surface area contributed by atoms with Crippen LogP contribution in [0.25, 0.3) is 0 Å². The summed E-state index contributed by atoms with van der Waals surface area (Å²) >= 11 is 5.71. The molecule has 0 radical (unpaired) electrons. The predicted molar refractivity (Wildman–Crippen MR) is 73.7 cm³/mol. The van der Waals surface area contributed by atoms with E-state index in [0.29, 0.717) is 17.4 Å². The molecule has 0 aliphatic rings. The van der Waals surface area contributed by atoms with Crippen molar-refractivity contribution in [3.05, 3.63) is 29.0 Å². The standard InChI is InChI=1S/C13H15ClF2N4/c1-3-13(19-8-17)20(7-12(15)16)9(2)10-4-5-11(14)18-6-10/h4-6,9,12H,3,7H2,1-2H3. The lowest BCUT2D eigenvalue weighted by atomic mass is 10.1. The lowest BCUT2D eigenvalue weighted by molar-refractivity contribution is 0.103.